The molecule has 1 aromatic carbocycles. The molecule has 5 nitrogen and oxygen atoms in total. The molecule has 15 heavy (non-hydrogen) atoms. The van der Waals surface area contributed by atoms with Gasteiger partial charge >= 0.3 is 0 Å². The topological polar surface area (TPSA) is 63.5 Å². The molecule has 1 amide bonds. The van der Waals surface area contributed by atoms with E-state index in [-0.39, 0.29) is 5.91 Å². The first-order valence-corrected chi connectivity index (χ1v) is 4.62. The van der Waals surface area contributed by atoms with Crippen molar-refractivity contribution in [2.75, 3.05) is 4.90 Å². The summed E-state index contributed by atoms with van der Waals surface area (Å²) in [5.41, 5.74) is 1.51. The van der Waals surface area contributed by atoms with Gasteiger partial charge in [0, 0.05) is 11.8 Å². The summed E-state index contributed by atoms with van der Waals surface area (Å²) in [7, 11) is 0. The molecule has 0 fully saturated rings. The second-order valence-electron chi connectivity index (χ2n) is 3.49. The van der Waals surface area contributed by atoms with Crippen molar-refractivity contribution < 1.29 is 9.72 Å². The van der Waals surface area contributed by atoms with Gasteiger partial charge in [0.15, 0.2) is 0 Å². The third-order valence-corrected chi connectivity index (χ3v) is 2.53. The van der Waals surface area contributed by atoms with Gasteiger partial charge in [-0.3, -0.25) is 14.9 Å². The number of nitrogens with zero attached hydrogens (tertiary/aromatic N) is 2. The molecule has 1 heterocycles. The summed E-state index contributed by atoms with van der Waals surface area (Å²) >= 11 is 0. The fourth-order valence-corrected chi connectivity index (χ4v) is 1.92. The first kappa shape index (κ1) is 9.64. The smallest absolute Gasteiger partial charge is 0.275 e. The zero-order valence-corrected chi connectivity index (χ0v) is 8.21. The van der Waals surface area contributed by atoms with Gasteiger partial charge in [0.05, 0.1) is 12.1 Å². The summed E-state index contributed by atoms with van der Waals surface area (Å²) in [4.78, 5) is 23.0. The summed E-state index contributed by atoms with van der Waals surface area (Å²) in [6.07, 6.45) is -0.650. The average Bonchev–Trinajstić information content (AvgIpc) is 2.56. The van der Waals surface area contributed by atoms with Crippen LogP contribution in [0.4, 0.5) is 5.69 Å². The van der Waals surface area contributed by atoms with E-state index < -0.39 is 11.1 Å². The molecule has 0 N–H and O–H groups in total. The van der Waals surface area contributed by atoms with Gasteiger partial charge in [-0.25, -0.2) is 4.90 Å². The van der Waals surface area contributed by atoms with E-state index in [4.69, 9.17) is 0 Å². The number of rotatable bonds is 1. The highest BCUT2D eigenvalue weighted by atomic mass is 16.6. The standard InChI is InChI=1S/C10H10N2O3/c1-7(13)11-9-5-3-2-4-8(9)6-10(11)12(14)15/h2-5,10H,6H2,1H3. The Labute approximate surface area is 86.5 Å². The number of nitro groups is 1. The molecule has 0 aliphatic carbocycles. The number of amides is 1. The van der Waals surface area contributed by atoms with Crippen LogP contribution in [-0.4, -0.2) is 17.0 Å². The highest BCUT2D eigenvalue weighted by Gasteiger charge is 2.39. The van der Waals surface area contributed by atoms with Crippen molar-refractivity contribution in [3.63, 3.8) is 0 Å². The Morgan fingerprint density at radius 3 is 2.80 bits per heavy atom. The van der Waals surface area contributed by atoms with Crippen molar-refractivity contribution in [3.05, 3.63) is 39.9 Å². The van der Waals surface area contributed by atoms with E-state index in [0.29, 0.717) is 12.1 Å². The van der Waals surface area contributed by atoms with Crippen LogP contribution in [0.15, 0.2) is 24.3 Å². The lowest BCUT2D eigenvalue weighted by Crippen LogP contribution is -2.41. The Morgan fingerprint density at radius 2 is 2.20 bits per heavy atom. The van der Waals surface area contributed by atoms with Crippen molar-refractivity contribution in [2.24, 2.45) is 0 Å². The van der Waals surface area contributed by atoms with Gasteiger partial charge in [-0.15, -0.1) is 0 Å². The van der Waals surface area contributed by atoms with Crippen molar-refractivity contribution in [2.45, 2.75) is 19.5 Å². The fourth-order valence-electron chi connectivity index (χ4n) is 1.92. The van der Waals surface area contributed by atoms with Gasteiger partial charge < -0.3 is 0 Å². The monoisotopic (exact) mass is 206 g/mol. The maximum Gasteiger partial charge on any atom is 0.297 e. The number of carbonyl (C=O) groups is 1. The van der Waals surface area contributed by atoms with E-state index in [2.05, 4.69) is 0 Å². The van der Waals surface area contributed by atoms with Gasteiger partial charge in [0.2, 0.25) is 5.91 Å². The number of hydrogen-bond acceptors (Lipinski definition) is 3. The number of para-hydroxylation sites is 1. The van der Waals surface area contributed by atoms with Gasteiger partial charge in [0.25, 0.3) is 6.17 Å². The van der Waals surface area contributed by atoms with Gasteiger partial charge in [-0.2, -0.15) is 0 Å². The number of hydrogen-bond donors (Lipinski definition) is 0. The largest absolute Gasteiger partial charge is 0.297 e. The van der Waals surface area contributed by atoms with Crippen molar-refractivity contribution in [1.82, 2.24) is 0 Å². The zero-order chi connectivity index (χ0) is 11.0. The molecule has 0 radical (unpaired) electrons. The molecule has 0 saturated heterocycles. The molecule has 1 atom stereocenters. The van der Waals surface area contributed by atoms with Gasteiger partial charge in [-0.05, 0) is 11.6 Å². The molecule has 2 rings (SSSR count). The van der Waals surface area contributed by atoms with Crippen LogP contribution in [0.3, 0.4) is 0 Å². The van der Waals surface area contributed by atoms with Crippen LogP contribution >= 0.6 is 0 Å². The van der Waals surface area contributed by atoms with Crippen molar-refractivity contribution in [3.8, 4) is 0 Å². The molecule has 78 valence electrons. The molecule has 0 spiro atoms. The highest BCUT2D eigenvalue weighted by Crippen LogP contribution is 2.31. The Hall–Kier alpha value is -1.91. The lowest BCUT2D eigenvalue weighted by Gasteiger charge is -2.17. The van der Waals surface area contributed by atoms with Crippen LogP contribution in [0.2, 0.25) is 0 Å². The second-order valence-corrected chi connectivity index (χ2v) is 3.49. The van der Waals surface area contributed by atoms with Crippen molar-refractivity contribution in [1.29, 1.82) is 0 Å². The quantitative estimate of drug-likeness (QED) is 0.512. The lowest BCUT2D eigenvalue weighted by atomic mass is 10.1. The molecule has 1 aliphatic rings. The number of benzene rings is 1. The van der Waals surface area contributed by atoms with E-state index in [1.54, 1.807) is 12.1 Å². The highest BCUT2D eigenvalue weighted by molar-refractivity contribution is 5.94. The van der Waals surface area contributed by atoms with E-state index in [0.717, 1.165) is 5.56 Å². The predicted octanol–water partition coefficient (Wildman–Crippen LogP) is 1.20. The van der Waals surface area contributed by atoms with Crippen molar-refractivity contribution >= 4 is 11.6 Å². The van der Waals surface area contributed by atoms with E-state index >= 15 is 0 Å². The van der Waals surface area contributed by atoms with E-state index in [9.17, 15) is 14.9 Å². The summed E-state index contributed by atoms with van der Waals surface area (Å²) < 4.78 is 0. The van der Waals surface area contributed by atoms with Crippen LogP contribution < -0.4 is 4.90 Å². The normalized spacial score (nSPS) is 18.7. The lowest BCUT2D eigenvalue weighted by molar-refractivity contribution is -0.518. The second kappa shape index (κ2) is 3.34. The number of carbonyl (C=O) groups excluding carboxylic acids is 1. The molecule has 1 unspecified atom stereocenters. The molecule has 1 aliphatic heterocycles. The first-order valence-electron chi connectivity index (χ1n) is 4.62. The number of anilines is 1. The van der Waals surface area contributed by atoms with Crippen LogP contribution in [0.25, 0.3) is 0 Å². The molecular weight excluding hydrogens is 196 g/mol. The van der Waals surface area contributed by atoms with E-state index in [1.807, 2.05) is 12.1 Å². The minimum absolute atomic E-state index is 0.290. The summed E-state index contributed by atoms with van der Waals surface area (Å²) in [6.45, 7) is 1.35. The Morgan fingerprint density at radius 1 is 1.53 bits per heavy atom. The summed E-state index contributed by atoms with van der Waals surface area (Å²) in [5.74, 6) is -0.290. The SMILES string of the molecule is CC(=O)N1c2ccccc2CC1[N+](=O)[O-]. The molecule has 0 saturated carbocycles. The van der Waals surface area contributed by atoms with Gasteiger partial charge in [-0.1, -0.05) is 18.2 Å². The zero-order valence-electron chi connectivity index (χ0n) is 8.21. The molecular formula is C10H10N2O3. The Kier molecular flexibility index (Phi) is 2.15. The summed E-state index contributed by atoms with van der Waals surface area (Å²) in [6, 6.07) is 7.14. The maximum atomic E-state index is 11.3. The minimum Gasteiger partial charge on any atom is -0.275 e. The van der Waals surface area contributed by atoms with Crippen LogP contribution in [0, 0.1) is 10.1 Å². The minimum atomic E-state index is -0.945. The van der Waals surface area contributed by atoms with Crippen LogP contribution in [0.1, 0.15) is 12.5 Å². The molecule has 0 aromatic heterocycles. The average molecular weight is 206 g/mol. The molecule has 0 bridgehead atoms. The predicted molar refractivity (Wildman–Crippen MR) is 54.1 cm³/mol. The third kappa shape index (κ3) is 1.45. The molecule has 1 aromatic rings. The maximum absolute atomic E-state index is 11.3. The fraction of sp³-hybridized carbons (Fsp3) is 0.300. The number of fused-ring (bicyclic) bond motifs is 1. The summed E-state index contributed by atoms with van der Waals surface area (Å²) in [5, 5.41) is 10.8. The van der Waals surface area contributed by atoms with E-state index in [1.165, 1.54) is 11.8 Å². The van der Waals surface area contributed by atoms with Crippen LogP contribution in [0.5, 0.6) is 0 Å². The molecule has 5 heteroatoms. The Balaban J connectivity index is 2.46. The first-order chi connectivity index (χ1) is 7.11. The van der Waals surface area contributed by atoms with Crippen LogP contribution in [-0.2, 0) is 11.2 Å². The third-order valence-electron chi connectivity index (χ3n) is 2.53. The Bertz CT molecular complexity index is 430. The van der Waals surface area contributed by atoms with Gasteiger partial charge in [0.1, 0.15) is 0 Å².